The van der Waals surface area contributed by atoms with Crippen LogP contribution in [0.5, 0.6) is 0 Å². The first-order valence-corrected chi connectivity index (χ1v) is 7.81. The molecular formula is C16H17Cl2N3O2. The highest BCUT2D eigenvalue weighted by Crippen LogP contribution is 2.25. The molecule has 0 saturated carbocycles. The van der Waals surface area contributed by atoms with E-state index in [0.717, 1.165) is 13.0 Å². The third kappa shape index (κ3) is 5.39. The van der Waals surface area contributed by atoms with Gasteiger partial charge in [-0.2, -0.15) is 0 Å². The molecule has 2 rings (SSSR count). The Bertz CT molecular complexity index is 663. The summed E-state index contributed by atoms with van der Waals surface area (Å²) in [6.45, 7) is 1.45. The number of amides is 1. The fourth-order valence-corrected chi connectivity index (χ4v) is 2.31. The van der Waals surface area contributed by atoms with E-state index in [4.69, 9.17) is 27.9 Å². The van der Waals surface area contributed by atoms with E-state index >= 15 is 0 Å². The second-order valence-electron chi connectivity index (χ2n) is 4.78. The first-order chi connectivity index (χ1) is 11.1. The van der Waals surface area contributed by atoms with Crippen LogP contribution in [0, 0.1) is 0 Å². The molecule has 0 bridgehead atoms. The van der Waals surface area contributed by atoms with Gasteiger partial charge in [-0.15, -0.1) is 0 Å². The van der Waals surface area contributed by atoms with Crippen LogP contribution in [0.15, 0.2) is 36.5 Å². The Morgan fingerprint density at radius 3 is 2.74 bits per heavy atom. The second kappa shape index (κ2) is 8.72. The van der Waals surface area contributed by atoms with Crippen LogP contribution >= 0.6 is 23.2 Å². The topological polar surface area (TPSA) is 63.2 Å². The van der Waals surface area contributed by atoms with Gasteiger partial charge in [-0.1, -0.05) is 23.2 Å². The Morgan fingerprint density at radius 2 is 2.09 bits per heavy atom. The van der Waals surface area contributed by atoms with Crippen molar-refractivity contribution in [3.63, 3.8) is 0 Å². The molecule has 0 aliphatic heterocycles. The van der Waals surface area contributed by atoms with Crippen molar-refractivity contribution in [2.45, 2.75) is 6.42 Å². The Labute approximate surface area is 145 Å². The first-order valence-electron chi connectivity index (χ1n) is 7.05. The molecule has 0 spiro atoms. The fraction of sp³-hybridized carbons (Fsp3) is 0.250. The molecule has 0 saturated heterocycles. The number of nitrogens with zero attached hydrogens (tertiary/aromatic N) is 1. The van der Waals surface area contributed by atoms with Crippen LogP contribution in [-0.4, -0.2) is 31.2 Å². The van der Waals surface area contributed by atoms with Crippen molar-refractivity contribution >= 4 is 40.6 Å². The summed E-state index contributed by atoms with van der Waals surface area (Å²) in [5.74, 6) is 0.426. The molecule has 2 aromatic rings. The quantitative estimate of drug-likeness (QED) is 0.735. The lowest BCUT2D eigenvalue weighted by Crippen LogP contribution is -2.13. The van der Waals surface area contributed by atoms with Crippen molar-refractivity contribution in [2.75, 3.05) is 30.9 Å². The number of rotatable bonds is 7. The lowest BCUT2D eigenvalue weighted by molar-refractivity contribution is 0.102. The van der Waals surface area contributed by atoms with E-state index in [9.17, 15) is 4.79 Å². The number of carbonyl (C=O) groups excluding carboxylic acids is 1. The van der Waals surface area contributed by atoms with Gasteiger partial charge < -0.3 is 15.4 Å². The van der Waals surface area contributed by atoms with Crippen molar-refractivity contribution < 1.29 is 9.53 Å². The predicted octanol–water partition coefficient (Wildman–Crippen LogP) is 4.09. The molecule has 5 nitrogen and oxygen atoms in total. The maximum atomic E-state index is 12.2. The zero-order chi connectivity index (χ0) is 16.7. The van der Waals surface area contributed by atoms with Crippen molar-refractivity contribution in [3.8, 4) is 0 Å². The van der Waals surface area contributed by atoms with E-state index < -0.39 is 0 Å². The van der Waals surface area contributed by atoms with Gasteiger partial charge in [0.1, 0.15) is 5.82 Å². The van der Waals surface area contributed by atoms with Gasteiger partial charge in [-0.25, -0.2) is 4.98 Å². The van der Waals surface area contributed by atoms with Crippen LogP contribution < -0.4 is 10.6 Å². The number of carbonyl (C=O) groups is 1. The highest BCUT2D eigenvalue weighted by atomic mass is 35.5. The molecular weight excluding hydrogens is 337 g/mol. The second-order valence-corrected chi connectivity index (χ2v) is 5.63. The molecule has 1 aromatic carbocycles. The number of aromatic nitrogens is 1. The van der Waals surface area contributed by atoms with E-state index in [1.807, 2.05) is 0 Å². The Kier molecular flexibility index (Phi) is 6.65. The SMILES string of the molecule is COCCCNc1ccc(C(=O)Nc2ccc(Cl)cc2Cl)cn1. The lowest BCUT2D eigenvalue weighted by atomic mass is 10.2. The van der Waals surface area contributed by atoms with Gasteiger partial charge in [-0.05, 0) is 36.8 Å². The molecule has 0 aliphatic rings. The largest absolute Gasteiger partial charge is 0.385 e. The maximum Gasteiger partial charge on any atom is 0.257 e. The number of hydrogen-bond donors (Lipinski definition) is 2. The number of ether oxygens (including phenoxy) is 1. The third-order valence-corrected chi connectivity index (χ3v) is 3.58. The van der Waals surface area contributed by atoms with Gasteiger partial charge >= 0.3 is 0 Å². The zero-order valence-electron chi connectivity index (χ0n) is 12.6. The summed E-state index contributed by atoms with van der Waals surface area (Å²) in [4.78, 5) is 16.4. The Balaban J connectivity index is 1.94. The molecule has 0 fully saturated rings. The molecule has 1 heterocycles. The van der Waals surface area contributed by atoms with Crippen molar-refractivity contribution in [1.29, 1.82) is 0 Å². The van der Waals surface area contributed by atoms with E-state index in [-0.39, 0.29) is 5.91 Å². The van der Waals surface area contributed by atoms with Gasteiger partial charge in [0.25, 0.3) is 5.91 Å². The van der Waals surface area contributed by atoms with E-state index in [1.54, 1.807) is 37.4 Å². The number of methoxy groups -OCH3 is 1. The van der Waals surface area contributed by atoms with Crippen molar-refractivity contribution in [2.24, 2.45) is 0 Å². The van der Waals surface area contributed by atoms with Crippen LogP contribution in [0.1, 0.15) is 16.8 Å². The van der Waals surface area contributed by atoms with E-state index in [1.165, 1.54) is 6.20 Å². The molecule has 1 aromatic heterocycles. The number of hydrogen-bond acceptors (Lipinski definition) is 4. The molecule has 1 amide bonds. The Hall–Kier alpha value is -1.82. The van der Waals surface area contributed by atoms with Gasteiger partial charge in [0.15, 0.2) is 0 Å². The van der Waals surface area contributed by atoms with Gasteiger partial charge in [0.2, 0.25) is 0 Å². The van der Waals surface area contributed by atoms with E-state index in [2.05, 4.69) is 15.6 Å². The molecule has 0 unspecified atom stereocenters. The number of halogens is 2. The summed E-state index contributed by atoms with van der Waals surface area (Å²) in [7, 11) is 1.67. The molecule has 2 N–H and O–H groups in total. The summed E-state index contributed by atoms with van der Waals surface area (Å²) in [6, 6.07) is 8.34. The minimum absolute atomic E-state index is 0.285. The highest BCUT2D eigenvalue weighted by molar-refractivity contribution is 6.36. The van der Waals surface area contributed by atoms with Gasteiger partial charge in [0.05, 0.1) is 16.3 Å². The third-order valence-electron chi connectivity index (χ3n) is 3.04. The number of benzene rings is 1. The number of nitrogens with one attached hydrogen (secondary N) is 2. The number of anilines is 2. The smallest absolute Gasteiger partial charge is 0.257 e. The summed E-state index contributed by atoms with van der Waals surface area (Å²) in [5.41, 5.74) is 0.946. The molecule has 0 aliphatic carbocycles. The zero-order valence-corrected chi connectivity index (χ0v) is 14.1. The minimum Gasteiger partial charge on any atom is -0.385 e. The molecule has 23 heavy (non-hydrogen) atoms. The van der Waals surface area contributed by atoms with Crippen molar-refractivity contribution in [3.05, 3.63) is 52.1 Å². The van der Waals surface area contributed by atoms with Crippen LogP contribution in [0.4, 0.5) is 11.5 Å². The first kappa shape index (κ1) is 17.5. The fourth-order valence-electron chi connectivity index (χ4n) is 1.85. The summed E-state index contributed by atoms with van der Waals surface area (Å²) < 4.78 is 4.97. The van der Waals surface area contributed by atoms with Crippen LogP contribution in [-0.2, 0) is 4.74 Å². The van der Waals surface area contributed by atoms with Crippen LogP contribution in [0.25, 0.3) is 0 Å². The summed E-state index contributed by atoms with van der Waals surface area (Å²) >= 11 is 11.9. The van der Waals surface area contributed by atoms with E-state index in [0.29, 0.717) is 33.7 Å². The Morgan fingerprint density at radius 1 is 1.26 bits per heavy atom. The van der Waals surface area contributed by atoms with Crippen LogP contribution in [0.3, 0.4) is 0 Å². The molecule has 0 radical (unpaired) electrons. The monoisotopic (exact) mass is 353 g/mol. The van der Waals surface area contributed by atoms with Gasteiger partial charge in [0, 0.05) is 31.5 Å². The summed E-state index contributed by atoms with van der Waals surface area (Å²) in [5, 5.41) is 6.78. The average molecular weight is 354 g/mol. The molecule has 122 valence electrons. The molecule has 7 heteroatoms. The average Bonchev–Trinajstić information content (AvgIpc) is 2.55. The normalized spacial score (nSPS) is 10.4. The van der Waals surface area contributed by atoms with Crippen molar-refractivity contribution in [1.82, 2.24) is 4.98 Å². The minimum atomic E-state index is -0.285. The van der Waals surface area contributed by atoms with Gasteiger partial charge in [-0.3, -0.25) is 4.79 Å². The van der Waals surface area contributed by atoms with Crippen LogP contribution in [0.2, 0.25) is 10.0 Å². The lowest BCUT2D eigenvalue weighted by Gasteiger charge is -2.08. The predicted molar refractivity (Wildman–Crippen MR) is 93.6 cm³/mol. The standard InChI is InChI=1S/C16H17Cl2N3O2/c1-23-8-2-7-19-15-6-3-11(10-20-15)16(22)21-14-5-4-12(17)9-13(14)18/h3-6,9-10H,2,7-8H2,1H3,(H,19,20)(H,21,22). The number of pyridine rings is 1. The maximum absolute atomic E-state index is 12.2. The molecule has 0 atom stereocenters. The summed E-state index contributed by atoms with van der Waals surface area (Å²) in [6.07, 6.45) is 2.40. The highest BCUT2D eigenvalue weighted by Gasteiger charge is 2.09.